The van der Waals surface area contributed by atoms with Crippen LogP contribution in [0.3, 0.4) is 0 Å². The van der Waals surface area contributed by atoms with Gasteiger partial charge in [0.2, 0.25) is 0 Å². The van der Waals surface area contributed by atoms with Gasteiger partial charge in [0.1, 0.15) is 11.0 Å². The summed E-state index contributed by atoms with van der Waals surface area (Å²) >= 11 is 3.54. The summed E-state index contributed by atoms with van der Waals surface area (Å²) in [6.07, 6.45) is 2.68. The van der Waals surface area contributed by atoms with Crippen LogP contribution in [0.2, 0.25) is 0 Å². The number of hydrogen-bond acceptors (Lipinski definition) is 2. The number of rotatable bonds is 2. The van der Waals surface area contributed by atoms with Crippen molar-refractivity contribution in [2.45, 2.75) is 19.4 Å². The number of aromatic nitrogens is 3. The average molecular weight is 252 g/mol. The maximum Gasteiger partial charge on any atom is 0.114 e. The molecule has 1 heterocycles. The predicted molar refractivity (Wildman–Crippen MR) is 58.0 cm³/mol. The Morgan fingerprint density at radius 2 is 2.29 bits per heavy atom. The fourth-order valence-corrected chi connectivity index (χ4v) is 2.22. The first-order chi connectivity index (χ1) is 6.84. The molecular weight excluding hydrogens is 242 g/mol. The smallest absolute Gasteiger partial charge is 0.114 e. The first-order valence-electron chi connectivity index (χ1n) is 4.82. The third kappa shape index (κ3) is 1.34. The van der Waals surface area contributed by atoms with Crippen molar-refractivity contribution < 1.29 is 0 Å². The second kappa shape index (κ2) is 3.05. The van der Waals surface area contributed by atoms with Crippen LogP contribution in [0.4, 0.5) is 0 Å². The maximum absolute atomic E-state index is 4.17. The molecule has 1 fully saturated rings. The second-order valence-corrected chi connectivity index (χ2v) is 4.68. The lowest BCUT2D eigenvalue weighted by Crippen LogP contribution is -2.01. The first kappa shape index (κ1) is 8.41. The van der Waals surface area contributed by atoms with Gasteiger partial charge in [0.05, 0.1) is 0 Å². The van der Waals surface area contributed by atoms with Gasteiger partial charge in [-0.15, -0.1) is 5.10 Å². The molecule has 4 heteroatoms. The van der Waals surface area contributed by atoms with Gasteiger partial charge in [-0.05, 0) is 46.8 Å². The highest BCUT2D eigenvalue weighted by Crippen LogP contribution is 2.32. The van der Waals surface area contributed by atoms with E-state index >= 15 is 0 Å². The molecule has 0 spiro atoms. The minimum atomic E-state index is 0.826. The molecule has 0 radical (unpaired) electrons. The number of benzene rings is 1. The lowest BCUT2D eigenvalue weighted by atomic mass is 10.3. The summed E-state index contributed by atoms with van der Waals surface area (Å²) < 4.78 is 3.09. The molecule has 0 saturated heterocycles. The Balaban J connectivity index is 2.13. The van der Waals surface area contributed by atoms with Gasteiger partial charge in [-0.3, -0.25) is 0 Å². The highest BCUT2D eigenvalue weighted by atomic mass is 79.9. The van der Waals surface area contributed by atoms with Crippen molar-refractivity contribution in [2.24, 2.45) is 5.92 Å². The van der Waals surface area contributed by atoms with Crippen LogP contribution in [0.15, 0.2) is 22.7 Å². The largest absolute Gasteiger partial charge is 0.243 e. The number of halogens is 1. The minimum absolute atomic E-state index is 0.826. The van der Waals surface area contributed by atoms with E-state index in [0.29, 0.717) is 0 Å². The van der Waals surface area contributed by atoms with E-state index in [0.717, 1.165) is 28.0 Å². The molecule has 14 heavy (non-hydrogen) atoms. The zero-order valence-corrected chi connectivity index (χ0v) is 9.24. The first-order valence-corrected chi connectivity index (χ1v) is 5.61. The van der Waals surface area contributed by atoms with E-state index in [2.05, 4.69) is 26.2 Å². The molecule has 0 aliphatic heterocycles. The second-order valence-electron chi connectivity index (χ2n) is 3.82. The van der Waals surface area contributed by atoms with Gasteiger partial charge in [0, 0.05) is 11.0 Å². The van der Waals surface area contributed by atoms with Crippen molar-refractivity contribution in [3.63, 3.8) is 0 Å². The van der Waals surface area contributed by atoms with Crippen LogP contribution in [0, 0.1) is 5.92 Å². The van der Waals surface area contributed by atoms with Crippen molar-refractivity contribution >= 4 is 27.0 Å². The molecule has 1 aliphatic rings. The van der Waals surface area contributed by atoms with E-state index in [1.807, 2.05) is 22.9 Å². The monoisotopic (exact) mass is 251 g/mol. The number of hydrogen-bond donors (Lipinski definition) is 0. The van der Waals surface area contributed by atoms with Crippen LogP contribution in [0.25, 0.3) is 11.0 Å². The Kier molecular flexibility index (Phi) is 1.83. The Morgan fingerprint density at radius 1 is 1.43 bits per heavy atom. The number of para-hydroxylation sites is 1. The van der Waals surface area contributed by atoms with Gasteiger partial charge < -0.3 is 0 Å². The Hall–Kier alpha value is -0.900. The summed E-state index contributed by atoms with van der Waals surface area (Å²) in [4.78, 5) is 0. The normalized spacial score (nSPS) is 16.4. The quantitative estimate of drug-likeness (QED) is 0.822. The van der Waals surface area contributed by atoms with Gasteiger partial charge in [-0.25, -0.2) is 4.68 Å². The van der Waals surface area contributed by atoms with Gasteiger partial charge >= 0.3 is 0 Å². The van der Waals surface area contributed by atoms with Gasteiger partial charge in [0.15, 0.2) is 0 Å². The molecule has 0 amide bonds. The lowest BCUT2D eigenvalue weighted by Gasteiger charge is -2.00. The third-order valence-electron chi connectivity index (χ3n) is 2.61. The molecular formula is C10H10BrN3. The third-order valence-corrected chi connectivity index (χ3v) is 3.25. The topological polar surface area (TPSA) is 30.7 Å². The summed E-state index contributed by atoms with van der Waals surface area (Å²) in [5.74, 6) is 0.826. The fraction of sp³-hybridized carbons (Fsp3) is 0.400. The highest BCUT2D eigenvalue weighted by molar-refractivity contribution is 9.10. The predicted octanol–water partition coefficient (Wildman–Crippen LogP) is 2.60. The van der Waals surface area contributed by atoms with Crippen LogP contribution in [-0.2, 0) is 6.54 Å². The lowest BCUT2D eigenvalue weighted by molar-refractivity contribution is 0.558. The molecule has 1 saturated carbocycles. The standard InChI is InChI=1S/C10H10BrN3/c11-8-2-1-3-9-10(8)14(13-12-9)6-7-4-5-7/h1-3,7H,4-6H2. The summed E-state index contributed by atoms with van der Waals surface area (Å²) in [7, 11) is 0. The molecule has 3 nitrogen and oxygen atoms in total. The maximum atomic E-state index is 4.17. The summed E-state index contributed by atoms with van der Waals surface area (Å²) in [6, 6.07) is 6.02. The van der Waals surface area contributed by atoms with Crippen molar-refractivity contribution in [3.8, 4) is 0 Å². The number of fused-ring (bicyclic) bond motifs is 1. The zero-order chi connectivity index (χ0) is 9.54. The van der Waals surface area contributed by atoms with Gasteiger partial charge in [-0.2, -0.15) is 0 Å². The summed E-state index contributed by atoms with van der Waals surface area (Å²) in [5.41, 5.74) is 2.10. The molecule has 2 aromatic rings. The number of nitrogens with zero attached hydrogens (tertiary/aromatic N) is 3. The molecule has 1 aliphatic carbocycles. The molecule has 0 bridgehead atoms. The van der Waals surface area contributed by atoms with E-state index in [1.165, 1.54) is 12.8 Å². The van der Waals surface area contributed by atoms with Crippen LogP contribution in [-0.4, -0.2) is 15.0 Å². The molecule has 1 aromatic heterocycles. The van der Waals surface area contributed by atoms with Crippen molar-refractivity contribution in [1.29, 1.82) is 0 Å². The van der Waals surface area contributed by atoms with Crippen LogP contribution >= 0.6 is 15.9 Å². The Bertz CT molecular complexity index is 473. The van der Waals surface area contributed by atoms with E-state index in [1.54, 1.807) is 0 Å². The molecule has 1 aromatic carbocycles. The summed E-state index contributed by atoms with van der Waals surface area (Å²) in [5, 5.41) is 8.32. The summed E-state index contributed by atoms with van der Waals surface area (Å²) in [6.45, 7) is 1.01. The van der Waals surface area contributed by atoms with Crippen molar-refractivity contribution in [2.75, 3.05) is 0 Å². The SMILES string of the molecule is Brc1cccc2nnn(CC3CC3)c12. The average Bonchev–Trinajstić information content (AvgIpc) is 2.88. The van der Waals surface area contributed by atoms with Crippen molar-refractivity contribution in [1.82, 2.24) is 15.0 Å². The zero-order valence-electron chi connectivity index (χ0n) is 7.65. The minimum Gasteiger partial charge on any atom is -0.243 e. The van der Waals surface area contributed by atoms with Gasteiger partial charge in [0.25, 0.3) is 0 Å². The molecule has 0 N–H and O–H groups in total. The van der Waals surface area contributed by atoms with Crippen LogP contribution in [0.1, 0.15) is 12.8 Å². The molecule has 0 unspecified atom stereocenters. The van der Waals surface area contributed by atoms with Gasteiger partial charge in [-0.1, -0.05) is 11.3 Å². The van der Waals surface area contributed by atoms with E-state index in [-0.39, 0.29) is 0 Å². The Morgan fingerprint density at radius 3 is 3.07 bits per heavy atom. The molecule has 72 valence electrons. The Labute approximate surface area is 90.2 Å². The van der Waals surface area contributed by atoms with Crippen molar-refractivity contribution in [3.05, 3.63) is 22.7 Å². The molecule has 0 atom stereocenters. The molecule has 3 rings (SSSR count). The fourth-order valence-electron chi connectivity index (χ4n) is 1.66. The van der Waals surface area contributed by atoms with Crippen LogP contribution < -0.4 is 0 Å². The van der Waals surface area contributed by atoms with E-state index < -0.39 is 0 Å². The van der Waals surface area contributed by atoms with Crippen LogP contribution in [0.5, 0.6) is 0 Å². The highest BCUT2D eigenvalue weighted by Gasteiger charge is 2.23. The van der Waals surface area contributed by atoms with E-state index in [4.69, 9.17) is 0 Å². The van der Waals surface area contributed by atoms with E-state index in [9.17, 15) is 0 Å².